The maximum Gasteiger partial charge on any atom is 0.223 e. The average molecular weight is 254 g/mol. The largest absolute Gasteiger partial charge is 0.351 e. The highest BCUT2D eigenvalue weighted by Gasteiger charge is 2.12. The second-order valence-corrected chi connectivity index (χ2v) is 5.27. The molecule has 1 rings (SSSR count). The zero-order chi connectivity index (χ0) is 12.7. The van der Waals surface area contributed by atoms with E-state index in [1.165, 1.54) is 10.4 Å². The van der Waals surface area contributed by atoms with Crippen molar-refractivity contribution in [2.24, 2.45) is 11.7 Å². The van der Waals surface area contributed by atoms with Gasteiger partial charge in [0.05, 0.1) is 6.54 Å². The van der Waals surface area contributed by atoms with Crippen LogP contribution in [-0.2, 0) is 17.8 Å². The summed E-state index contributed by atoms with van der Waals surface area (Å²) in [7, 11) is 0. The molecule has 96 valence electrons. The molecular formula is C13H22N2OS. The van der Waals surface area contributed by atoms with Gasteiger partial charge < -0.3 is 11.1 Å². The molecule has 1 amide bonds. The van der Waals surface area contributed by atoms with Gasteiger partial charge in [-0.25, -0.2) is 0 Å². The van der Waals surface area contributed by atoms with Crippen LogP contribution in [0.2, 0.25) is 0 Å². The van der Waals surface area contributed by atoms with Crippen molar-refractivity contribution < 1.29 is 4.79 Å². The molecule has 0 aliphatic rings. The lowest BCUT2D eigenvalue weighted by atomic mass is 10.0. The van der Waals surface area contributed by atoms with Crippen molar-refractivity contribution in [1.82, 2.24) is 5.32 Å². The molecule has 3 N–H and O–H groups in total. The molecule has 0 aliphatic carbocycles. The van der Waals surface area contributed by atoms with Gasteiger partial charge in [-0.3, -0.25) is 4.79 Å². The third-order valence-corrected chi connectivity index (χ3v) is 3.89. The van der Waals surface area contributed by atoms with Gasteiger partial charge in [-0.1, -0.05) is 13.8 Å². The number of amides is 1. The Balaban J connectivity index is 2.37. The highest BCUT2D eigenvalue weighted by atomic mass is 32.1. The molecule has 1 aromatic rings. The Kier molecular flexibility index (Phi) is 6.22. The van der Waals surface area contributed by atoms with E-state index in [1.807, 2.05) is 6.92 Å². The summed E-state index contributed by atoms with van der Waals surface area (Å²) in [4.78, 5) is 13.1. The summed E-state index contributed by atoms with van der Waals surface area (Å²) in [5.74, 6) is 0.192. The van der Waals surface area contributed by atoms with Gasteiger partial charge in [-0.2, -0.15) is 0 Å². The number of rotatable bonds is 7. The van der Waals surface area contributed by atoms with Crippen LogP contribution in [0.1, 0.15) is 37.1 Å². The second kappa shape index (κ2) is 7.45. The monoisotopic (exact) mass is 254 g/mol. The van der Waals surface area contributed by atoms with E-state index in [2.05, 4.69) is 23.7 Å². The standard InChI is InChI=1S/C13H22N2OS/c1-3-11-6-8-17-12(11)9-15-13(16)10(2)5-4-7-14/h6,8,10H,3-5,7,9,14H2,1-2H3,(H,15,16). The topological polar surface area (TPSA) is 55.1 Å². The van der Waals surface area contributed by atoms with Gasteiger partial charge in [0.25, 0.3) is 0 Å². The van der Waals surface area contributed by atoms with Gasteiger partial charge in [0, 0.05) is 10.8 Å². The smallest absolute Gasteiger partial charge is 0.223 e. The minimum Gasteiger partial charge on any atom is -0.351 e. The van der Waals surface area contributed by atoms with Crippen LogP contribution < -0.4 is 11.1 Å². The fourth-order valence-corrected chi connectivity index (χ4v) is 2.65. The first-order valence-corrected chi connectivity index (χ1v) is 7.10. The van der Waals surface area contributed by atoms with Crippen LogP contribution in [0.5, 0.6) is 0 Å². The van der Waals surface area contributed by atoms with Crippen LogP contribution >= 0.6 is 11.3 Å². The third-order valence-electron chi connectivity index (χ3n) is 2.93. The number of aryl methyl sites for hydroxylation is 1. The Hall–Kier alpha value is -0.870. The van der Waals surface area contributed by atoms with E-state index in [4.69, 9.17) is 5.73 Å². The van der Waals surface area contributed by atoms with E-state index in [9.17, 15) is 4.79 Å². The van der Waals surface area contributed by atoms with Crippen LogP contribution in [0.4, 0.5) is 0 Å². The maximum absolute atomic E-state index is 11.8. The predicted molar refractivity (Wildman–Crippen MR) is 73.0 cm³/mol. The molecule has 17 heavy (non-hydrogen) atoms. The first kappa shape index (κ1) is 14.2. The molecule has 0 aliphatic heterocycles. The Labute approximate surface area is 107 Å². The van der Waals surface area contributed by atoms with Crippen molar-refractivity contribution in [1.29, 1.82) is 0 Å². The Morgan fingerprint density at radius 2 is 2.35 bits per heavy atom. The van der Waals surface area contributed by atoms with E-state index in [1.54, 1.807) is 11.3 Å². The van der Waals surface area contributed by atoms with Crippen molar-refractivity contribution in [2.75, 3.05) is 6.54 Å². The number of hydrogen-bond acceptors (Lipinski definition) is 3. The molecular weight excluding hydrogens is 232 g/mol. The molecule has 0 aromatic carbocycles. The molecule has 1 heterocycles. The minimum absolute atomic E-state index is 0.0589. The summed E-state index contributed by atoms with van der Waals surface area (Å²) in [5.41, 5.74) is 6.77. The van der Waals surface area contributed by atoms with Gasteiger partial charge in [0.2, 0.25) is 5.91 Å². The van der Waals surface area contributed by atoms with E-state index in [0.29, 0.717) is 13.1 Å². The number of nitrogens with one attached hydrogen (secondary N) is 1. The fraction of sp³-hybridized carbons (Fsp3) is 0.615. The van der Waals surface area contributed by atoms with Gasteiger partial charge >= 0.3 is 0 Å². The molecule has 0 bridgehead atoms. The van der Waals surface area contributed by atoms with Crippen LogP contribution in [-0.4, -0.2) is 12.5 Å². The molecule has 0 radical (unpaired) electrons. The lowest BCUT2D eigenvalue weighted by Gasteiger charge is -2.11. The third kappa shape index (κ3) is 4.48. The summed E-state index contributed by atoms with van der Waals surface area (Å²) in [6, 6.07) is 2.13. The Morgan fingerprint density at radius 3 is 3.00 bits per heavy atom. The molecule has 1 aromatic heterocycles. The fourth-order valence-electron chi connectivity index (χ4n) is 1.73. The number of nitrogens with two attached hydrogens (primary N) is 1. The van der Waals surface area contributed by atoms with E-state index in [0.717, 1.165) is 19.3 Å². The van der Waals surface area contributed by atoms with Crippen molar-refractivity contribution in [3.8, 4) is 0 Å². The Bertz CT molecular complexity index is 349. The highest BCUT2D eigenvalue weighted by molar-refractivity contribution is 7.10. The number of carbonyl (C=O) groups excluding carboxylic acids is 1. The molecule has 3 nitrogen and oxygen atoms in total. The van der Waals surface area contributed by atoms with Crippen molar-refractivity contribution in [3.05, 3.63) is 21.9 Å². The number of carbonyl (C=O) groups is 1. The van der Waals surface area contributed by atoms with E-state index >= 15 is 0 Å². The summed E-state index contributed by atoms with van der Waals surface area (Å²) < 4.78 is 0. The van der Waals surface area contributed by atoms with E-state index in [-0.39, 0.29) is 11.8 Å². The molecule has 4 heteroatoms. The molecule has 0 saturated carbocycles. The average Bonchev–Trinajstić information content (AvgIpc) is 2.80. The highest BCUT2D eigenvalue weighted by Crippen LogP contribution is 2.17. The van der Waals surface area contributed by atoms with Crippen LogP contribution in [0.15, 0.2) is 11.4 Å². The maximum atomic E-state index is 11.8. The van der Waals surface area contributed by atoms with Crippen LogP contribution in [0.3, 0.4) is 0 Å². The summed E-state index contributed by atoms with van der Waals surface area (Å²) in [6.45, 7) is 5.41. The normalized spacial score (nSPS) is 12.4. The van der Waals surface area contributed by atoms with Gasteiger partial charge in [0.1, 0.15) is 0 Å². The lowest BCUT2D eigenvalue weighted by molar-refractivity contribution is -0.124. The first-order valence-electron chi connectivity index (χ1n) is 6.22. The van der Waals surface area contributed by atoms with Crippen LogP contribution in [0.25, 0.3) is 0 Å². The van der Waals surface area contributed by atoms with E-state index < -0.39 is 0 Å². The lowest BCUT2D eigenvalue weighted by Crippen LogP contribution is -2.29. The summed E-state index contributed by atoms with van der Waals surface area (Å²) in [6.07, 6.45) is 2.80. The van der Waals surface area contributed by atoms with Crippen molar-refractivity contribution in [2.45, 2.75) is 39.7 Å². The predicted octanol–water partition coefficient (Wildman–Crippen LogP) is 2.30. The SMILES string of the molecule is CCc1ccsc1CNC(=O)C(C)CCCN. The van der Waals surface area contributed by atoms with Crippen LogP contribution in [0, 0.1) is 5.92 Å². The zero-order valence-corrected chi connectivity index (χ0v) is 11.5. The molecule has 1 unspecified atom stereocenters. The molecule has 0 fully saturated rings. The number of thiophene rings is 1. The minimum atomic E-state index is 0.0589. The van der Waals surface area contributed by atoms with Gasteiger partial charge in [0.15, 0.2) is 0 Å². The quantitative estimate of drug-likeness (QED) is 0.784. The van der Waals surface area contributed by atoms with Gasteiger partial charge in [-0.15, -0.1) is 11.3 Å². The molecule has 1 atom stereocenters. The summed E-state index contributed by atoms with van der Waals surface area (Å²) >= 11 is 1.71. The zero-order valence-electron chi connectivity index (χ0n) is 10.7. The molecule has 0 saturated heterocycles. The van der Waals surface area contributed by atoms with Crippen molar-refractivity contribution >= 4 is 17.2 Å². The Morgan fingerprint density at radius 1 is 1.59 bits per heavy atom. The van der Waals surface area contributed by atoms with Crippen molar-refractivity contribution in [3.63, 3.8) is 0 Å². The second-order valence-electron chi connectivity index (χ2n) is 4.27. The first-order chi connectivity index (χ1) is 8.19. The molecule has 0 spiro atoms. The number of hydrogen-bond donors (Lipinski definition) is 2. The van der Waals surface area contributed by atoms with Gasteiger partial charge in [-0.05, 0) is 42.8 Å². The summed E-state index contributed by atoms with van der Waals surface area (Å²) in [5, 5.41) is 5.08.